The lowest BCUT2D eigenvalue weighted by Gasteiger charge is -2.41. The van der Waals surface area contributed by atoms with Gasteiger partial charge in [-0.1, -0.05) is 0 Å². The largest absolute Gasteiger partial charge is 0.511 e. The first-order valence-corrected chi connectivity index (χ1v) is 8.45. The lowest BCUT2D eigenvalue weighted by molar-refractivity contribution is -0.147. The highest BCUT2D eigenvalue weighted by Crippen LogP contribution is 2.59. The number of esters is 2. The van der Waals surface area contributed by atoms with Crippen molar-refractivity contribution in [1.29, 1.82) is 10.5 Å². The molecule has 0 saturated carbocycles. The molecule has 0 spiro atoms. The van der Waals surface area contributed by atoms with Crippen molar-refractivity contribution in [3.05, 3.63) is 59.6 Å². The molecule has 0 radical (unpaired) electrons. The van der Waals surface area contributed by atoms with Crippen molar-refractivity contribution in [3.63, 3.8) is 0 Å². The zero-order valence-electron chi connectivity index (χ0n) is 15.5. The molecule has 0 amide bonds. The Morgan fingerprint density at radius 2 is 1.66 bits per heavy atom. The Bertz CT molecular complexity index is 1010. The van der Waals surface area contributed by atoms with Gasteiger partial charge in [0.1, 0.15) is 23.2 Å². The van der Waals surface area contributed by atoms with Crippen LogP contribution < -0.4 is 0 Å². The van der Waals surface area contributed by atoms with E-state index in [0.29, 0.717) is 0 Å². The molecule has 2 aromatic heterocycles. The minimum Gasteiger partial charge on any atom is -0.511 e. The fourth-order valence-corrected chi connectivity index (χ4v) is 3.82. The maximum atomic E-state index is 12.6. The number of ether oxygens (including phenoxy) is 2. The first-order valence-electron chi connectivity index (χ1n) is 8.45. The summed E-state index contributed by atoms with van der Waals surface area (Å²) in [7, 11) is 2.17. The number of nitriles is 2. The van der Waals surface area contributed by atoms with E-state index in [2.05, 4.69) is 0 Å². The maximum absolute atomic E-state index is 12.6. The number of rotatable bonds is 4. The molecule has 148 valence electrons. The Balaban J connectivity index is 2.44. The van der Waals surface area contributed by atoms with E-state index in [1.54, 1.807) is 0 Å². The number of aliphatic hydroxyl groups excluding tert-OH is 1. The molecule has 9 nitrogen and oxygen atoms in total. The van der Waals surface area contributed by atoms with Crippen LogP contribution in [-0.2, 0) is 19.1 Å². The summed E-state index contributed by atoms with van der Waals surface area (Å²) in [5.74, 6) is -6.66. The molecule has 9 heteroatoms. The summed E-state index contributed by atoms with van der Waals surface area (Å²) in [6.07, 6.45) is 2.61. The lowest BCUT2D eigenvalue weighted by atomic mass is 9.56. The van der Waals surface area contributed by atoms with Crippen molar-refractivity contribution in [3.8, 4) is 12.1 Å². The quantitative estimate of drug-likeness (QED) is 0.770. The average Bonchev–Trinajstić information content (AvgIpc) is 3.45. The van der Waals surface area contributed by atoms with Gasteiger partial charge in [0.15, 0.2) is 5.41 Å². The third kappa shape index (κ3) is 2.84. The highest BCUT2D eigenvalue weighted by atomic mass is 16.5. The van der Waals surface area contributed by atoms with Crippen molar-refractivity contribution >= 4 is 11.9 Å². The van der Waals surface area contributed by atoms with Gasteiger partial charge in [0, 0.05) is 0 Å². The fourth-order valence-electron chi connectivity index (χ4n) is 3.82. The van der Waals surface area contributed by atoms with Gasteiger partial charge in [0.25, 0.3) is 0 Å². The highest BCUT2D eigenvalue weighted by Gasteiger charge is 2.63. The molecule has 3 rings (SSSR count). The Labute approximate surface area is 165 Å². The van der Waals surface area contributed by atoms with Crippen LogP contribution in [0.4, 0.5) is 0 Å². The predicted molar refractivity (Wildman–Crippen MR) is 93.7 cm³/mol. The molecule has 0 fully saturated rings. The van der Waals surface area contributed by atoms with Crippen LogP contribution in [0.5, 0.6) is 0 Å². The fraction of sp³-hybridized carbons (Fsp3) is 0.300. The highest BCUT2D eigenvalue weighted by molar-refractivity contribution is 5.94. The molecule has 29 heavy (non-hydrogen) atoms. The minimum atomic E-state index is -2.07. The van der Waals surface area contributed by atoms with Gasteiger partial charge >= 0.3 is 11.9 Å². The summed E-state index contributed by atoms with van der Waals surface area (Å²) in [6, 6.07) is 9.84. The summed E-state index contributed by atoms with van der Waals surface area (Å²) in [5.41, 5.74) is -2.49. The van der Waals surface area contributed by atoms with Crippen LogP contribution >= 0.6 is 0 Å². The SMILES string of the molecule is COC(=O)C1=C(O)[C@H](C(=O)OC)[C@H](c2ccco2)C(C#N)(C#N)[C@@H]1c1ccco1. The van der Waals surface area contributed by atoms with E-state index in [0.717, 1.165) is 14.2 Å². The van der Waals surface area contributed by atoms with Gasteiger partial charge in [-0.2, -0.15) is 10.5 Å². The molecule has 0 unspecified atom stereocenters. The van der Waals surface area contributed by atoms with E-state index in [1.165, 1.54) is 36.8 Å². The van der Waals surface area contributed by atoms with E-state index in [-0.39, 0.29) is 11.5 Å². The summed E-state index contributed by atoms with van der Waals surface area (Å²) in [6.45, 7) is 0. The summed E-state index contributed by atoms with van der Waals surface area (Å²) >= 11 is 0. The molecule has 3 atom stereocenters. The molecule has 2 aromatic rings. The van der Waals surface area contributed by atoms with Gasteiger partial charge < -0.3 is 23.4 Å². The maximum Gasteiger partial charge on any atom is 0.338 e. The molecular formula is C20H16N2O7. The number of aliphatic hydroxyl groups is 1. The van der Waals surface area contributed by atoms with Crippen molar-refractivity contribution in [2.75, 3.05) is 14.2 Å². The van der Waals surface area contributed by atoms with Crippen molar-refractivity contribution in [1.82, 2.24) is 0 Å². The second-order valence-corrected chi connectivity index (χ2v) is 6.33. The Kier molecular flexibility index (Phi) is 5.16. The second-order valence-electron chi connectivity index (χ2n) is 6.33. The Morgan fingerprint density at radius 1 is 1.07 bits per heavy atom. The zero-order valence-corrected chi connectivity index (χ0v) is 15.5. The summed E-state index contributed by atoms with van der Waals surface area (Å²) in [4.78, 5) is 25.2. The number of carbonyl (C=O) groups excluding carboxylic acids is 2. The number of carbonyl (C=O) groups is 2. The topological polar surface area (TPSA) is 147 Å². The molecule has 0 aromatic carbocycles. The second kappa shape index (κ2) is 7.56. The minimum absolute atomic E-state index is 0.0694. The molecule has 1 aliphatic carbocycles. The number of furan rings is 2. The molecule has 1 N–H and O–H groups in total. The van der Waals surface area contributed by atoms with Crippen LogP contribution in [0.1, 0.15) is 23.4 Å². The number of methoxy groups -OCH3 is 2. The van der Waals surface area contributed by atoms with Crippen LogP contribution in [0.25, 0.3) is 0 Å². The van der Waals surface area contributed by atoms with Crippen LogP contribution in [0.3, 0.4) is 0 Å². The van der Waals surface area contributed by atoms with E-state index in [4.69, 9.17) is 18.3 Å². The van der Waals surface area contributed by atoms with Crippen LogP contribution in [0, 0.1) is 34.0 Å². The van der Waals surface area contributed by atoms with Gasteiger partial charge in [-0.3, -0.25) is 4.79 Å². The monoisotopic (exact) mass is 396 g/mol. The Morgan fingerprint density at radius 3 is 2.10 bits per heavy atom. The third-order valence-electron chi connectivity index (χ3n) is 5.05. The van der Waals surface area contributed by atoms with E-state index >= 15 is 0 Å². The molecular weight excluding hydrogens is 380 g/mol. The van der Waals surface area contributed by atoms with Gasteiger partial charge in [-0.15, -0.1) is 0 Å². The van der Waals surface area contributed by atoms with Crippen molar-refractivity contribution in [2.45, 2.75) is 11.8 Å². The van der Waals surface area contributed by atoms with E-state index in [1.807, 2.05) is 12.1 Å². The molecule has 0 saturated heterocycles. The molecule has 0 aliphatic heterocycles. The van der Waals surface area contributed by atoms with Gasteiger partial charge in [-0.05, 0) is 24.3 Å². The zero-order chi connectivity index (χ0) is 21.2. The first kappa shape index (κ1) is 19.8. The van der Waals surface area contributed by atoms with Gasteiger partial charge in [-0.25, -0.2) is 4.79 Å². The summed E-state index contributed by atoms with van der Waals surface area (Å²) in [5, 5.41) is 31.3. The first-order chi connectivity index (χ1) is 14.0. The molecule has 0 bridgehead atoms. The van der Waals surface area contributed by atoms with Crippen LogP contribution in [0.2, 0.25) is 0 Å². The standard InChI is InChI=1S/C20H16N2O7/c1-26-18(24)13-15(11-5-3-7-28-11)20(9-21,10-22)16(12-6-4-8-29-12)14(17(13)23)19(25)27-2/h3-8,13,15-16,23H,1-2H3/t13-,15+,16-/m1/s1. The lowest BCUT2D eigenvalue weighted by Crippen LogP contribution is -2.47. The Hall–Kier alpha value is -3.98. The van der Waals surface area contributed by atoms with E-state index < -0.39 is 46.4 Å². The van der Waals surface area contributed by atoms with Crippen LogP contribution in [-0.4, -0.2) is 31.3 Å². The molecule has 1 aliphatic rings. The smallest absolute Gasteiger partial charge is 0.338 e. The van der Waals surface area contributed by atoms with Gasteiger partial charge in [0.05, 0.1) is 56.3 Å². The number of hydrogen-bond donors (Lipinski definition) is 1. The average molecular weight is 396 g/mol. The molecule has 2 heterocycles. The number of hydrogen-bond acceptors (Lipinski definition) is 9. The van der Waals surface area contributed by atoms with Gasteiger partial charge in [0.2, 0.25) is 0 Å². The predicted octanol–water partition coefficient (Wildman–Crippen LogP) is 2.56. The van der Waals surface area contributed by atoms with Crippen molar-refractivity contribution in [2.24, 2.45) is 11.3 Å². The van der Waals surface area contributed by atoms with E-state index in [9.17, 15) is 25.2 Å². The number of nitrogens with zero attached hydrogens (tertiary/aromatic N) is 2. The van der Waals surface area contributed by atoms with Crippen molar-refractivity contribution < 1.29 is 33.0 Å². The normalized spacial score (nSPS) is 23.0. The van der Waals surface area contributed by atoms with Crippen LogP contribution in [0.15, 0.2) is 57.0 Å². The third-order valence-corrected chi connectivity index (χ3v) is 5.05. The summed E-state index contributed by atoms with van der Waals surface area (Å²) < 4.78 is 20.3.